The number of hydrogen-bond donors (Lipinski definition) is 1. The molecule has 0 saturated heterocycles. The number of ketones is 1. The van der Waals surface area contributed by atoms with E-state index >= 15 is 0 Å². The molecule has 0 bridgehead atoms. The van der Waals surface area contributed by atoms with Crippen molar-refractivity contribution in [3.63, 3.8) is 0 Å². The number of hydrogen-bond acceptors (Lipinski definition) is 3. The maximum absolute atomic E-state index is 13.3. The Hall–Kier alpha value is -3.02. The van der Waals surface area contributed by atoms with Gasteiger partial charge in [-0.25, -0.2) is 0 Å². The molecule has 1 radical (unpaired) electrons. The van der Waals surface area contributed by atoms with Crippen molar-refractivity contribution in [1.82, 2.24) is 4.98 Å². The minimum atomic E-state index is -4.38. The first kappa shape index (κ1) is 36.2. The van der Waals surface area contributed by atoms with Crippen molar-refractivity contribution in [2.45, 2.75) is 81.3 Å². The van der Waals surface area contributed by atoms with Gasteiger partial charge >= 0.3 is 6.18 Å². The number of benzene rings is 3. The molecule has 4 aromatic rings. The van der Waals surface area contributed by atoms with Crippen LogP contribution in [0.1, 0.15) is 76.6 Å². The third-order valence-electron chi connectivity index (χ3n) is 8.21. The molecule has 43 heavy (non-hydrogen) atoms. The second-order valence-corrected chi connectivity index (χ2v) is 12.3. The molecule has 0 spiro atoms. The van der Waals surface area contributed by atoms with E-state index in [0.717, 1.165) is 51.4 Å². The number of alkyl halides is 3. The Morgan fingerprint density at radius 2 is 1.47 bits per heavy atom. The Labute approximate surface area is 267 Å². The first-order valence-electron chi connectivity index (χ1n) is 14.3. The molecular weight excluding hydrogens is 728 g/mol. The van der Waals surface area contributed by atoms with Crippen LogP contribution in [-0.2, 0) is 31.1 Å². The van der Waals surface area contributed by atoms with Crippen molar-refractivity contribution >= 4 is 27.3 Å². The zero-order valence-corrected chi connectivity index (χ0v) is 28.8. The van der Waals surface area contributed by atoms with E-state index < -0.39 is 11.7 Å². The fraction of sp³-hybridized carbons (Fsp3) is 0.389. The van der Waals surface area contributed by atoms with Crippen LogP contribution in [0.15, 0.2) is 60.5 Å². The maximum atomic E-state index is 13.3. The van der Waals surface area contributed by atoms with Gasteiger partial charge in [-0.3, -0.25) is 4.79 Å². The number of rotatable bonds is 6. The quantitative estimate of drug-likeness (QED) is 0.0920. The Morgan fingerprint density at radius 3 is 2.02 bits per heavy atom. The second kappa shape index (κ2) is 13.7. The van der Waals surface area contributed by atoms with E-state index in [1.165, 1.54) is 18.2 Å². The summed E-state index contributed by atoms with van der Waals surface area (Å²) >= 11 is 0. The van der Waals surface area contributed by atoms with Gasteiger partial charge in [0.15, 0.2) is 5.78 Å². The van der Waals surface area contributed by atoms with Crippen LogP contribution in [0.5, 0.6) is 0 Å². The van der Waals surface area contributed by atoms with Gasteiger partial charge in [0.2, 0.25) is 0 Å². The number of allylic oxidation sites excluding steroid dienone is 2. The largest absolute Gasteiger partial charge is 0.512 e. The molecule has 0 aliphatic rings. The Kier molecular flexibility index (Phi) is 11.6. The van der Waals surface area contributed by atoms with E-state index in [1.54, 1.807) is 19.2 Å². The summed E-state index contributed by atoms with van der Waals surface area (Å²) in [5.41, 5.74) is 2.97. The van der Waals surface area contributed by atoms with Gasteiger partial charge in [-0.2, -0.15) is 13.2 Å². The summed E-state index contributed by atoms with van der Waals surface area (Å²) < 4.78 is 39.9. The summed E-state index contributed by atoms with van der Waals surface area (Å²) in [6, 6.07) is 15.4. The number of carbonyl (C=O) groups is 1. The van der Waals surface area contributed by atoms with E-state index in [4.69, 9.17) is 0 Å². The molecule has 233 valence electrons. The third kappa shape index (κ3) is 8.33. The van der Waals surface area contributed by atoms with E-state index in [1.807, 2.05) is 79.7 Å². The van der Waals surface area contributed by atoms with Crippen LogP contribution in [0.25, 0.3) is 32.8 Å². The summed E-state index contributed by atoms with van der Waals surface area (Å²) in [5, 5.41) is 12.8. The van der Waals surface area contributed by atoms with Crippen molar-refractivity contribution in [2.75, 3.05) is 0 Å². The summed E-state index contributed by atoms with van der Waals surface area (Å²) in [4.78, 5) is 16.3. The number of aliphatic hydroxyl groups excluding tert-OH is 1. The smallest absolute Gasteiger partial charge is 0.416 e. The molecule has 0 atom stereocenters. The summed E-state index contributed by atoms with van der Waals surface area (Å²) in [5.74, 6) is 0.195. The van der Waals surface area contributed by atoms with Crippen LogP contribution in [0.4, 0.5) is 13.2 Å². The number of halogens is 3. The minimum Gasteiger partial charge on any atom is -0.512 e. The molecule has 3 nitrogen and oxygen atoms in total. The molecule has 4 rings (SSSR count). The first-order valence-corrected chi connectivity index (χ1v) is 14.3. The number of carbonyl (C=O) groups excluding carboxylic acids is 1. The van der Waals surface area contributed by atoms with Crippen molar-refractivity contribution in [3.8, 4) is 11.3 Å². The van der Waals surface area contributed by atoms with E-state index in [2.05, 4.69) is 11.1 Å². The van der Waals surface area contributed by atoms with Crippen LogP contribution in [0.3, 0.4) is 0 Å². The van der Waals surface area contributed by atoms with Gasteiger partial charge in [-0.15, -0.1) is 34.9 Å². The van der Waals surface area contributed by atoms with Gasteiger partial charge in [0.1, 0.15) is 5.76 Å². The van der Waals surface area contributed by atoms with Crippen LogP contribution < -0.4 is 0 Å². The standard InChI is InChI=1S/C23H17F3N.C13H24O2.Ir/c1-13-8-14(2)10-16(9-13)22-20-5-4-18-15(3)11-17(23(24,25)26)12-21(18)19(20)6-7-27-22;1-7-12(3,4)10(14)9-11(15)13(5,6)8-2;/h4-9,11-12H,1-3H3;9,14H,7-8H2,1-6H3;/q-1;;/b;10-9-;. The number of pyridine rings is 1. The van der Waals surface area contributed by atoms with Gasteiger partial charge in [0, 0.05) is 43.2 Å². The van der Waals surface area contributed by atoms with Gasteiger partial charge in [-0.05, 0) is 70.8 Å². The molecule has 0 aliphatic carbocycles. The first-order chi connectivity index (χ1) is 19.4. The SMILES string of the molecule is CCC(C)(C)C(=O)/C=C(\O)C(C)(C)CC.Cc1[c-]c(-c2nccc3c2ccc2c(C)cc(C(F)(F)F)cc23)cc(C)c1.[Ir]. The maximum Gasteiger partial charge on any atom is 0.416 e. The predicted molar refractivity (Wildman–Crippen MR) is 167 cm³/mol. The molecular formula is C36H41F3IrNO2-. The van der Waals surface area contributed by atoms with Gasteiger partial charge < -0.3 is 10.1 Å². The van der Waals surface area contributed by atoms with Crippen molar-refractivity contribution in [3.05, 3.63) is 88.8 Å². The summed E-state index contributed by atoms with van der Waals surface area (Å²) in [7, 11) is 0. The van der Waals surface area contributed by atoms with Crippen molar-refractivity contribution < 1.29 is 43.2 Å². The Bertz CT molecular complexity index is 1630. The molecule has 1 heterocycles. The molecule has 0 saturated carbocycles. The van der Waals surface area contributed by atoms with E-state index in [-0.39, 0.29) is 42.5 Å². The normalized spacial score (nSPS) is 12.5. The number of aryl methyl sites for hydroxylation is 3. The third-order valence-corrected chi connectivity index (χ3v) is 8.21. The number of aliphatic hydroxyl groups is 1. The van der Waals surface area contributed by atoms with Crippen LogP contribution >= 0.6 is 0 Å². The summed E-state index contributed by atoms with van der Waals surface area (Å²) in [6.07, 6.45) is 0.265. The average molecular weight is 769 g/mol. The number of aromatic nitrogens is 1. The average Bonchev–Trinajstić information content (AvgIpc) is 2.91. The second-order valence-electron chi connectivity index (χ2n) is 12.3. The number of fused-ring (bicyclic) bond motifs is 3. The topological polar surface area (TPSA) is 50.2 Å². The van der Waals surface area contributed by atoms with Crippen LogP contribution in [-0.4, -0.2) is 15.9 Å². The zero-order chi connectivity index (χ0) is 31.6. The van der Waals surface area contributed by atoms with Gasteiger partial charge in [-0.1, -0.05) is 67.5 Å². The Balaban J connectivity index is 0.000000348. The molecule has 3 aromatic carbocycles. The fourth-order valence-electron chi connectivity index (χ4n) is 4.56. The Morgan fingerprint density at radius 1 is 0.860 bits per heavy atom. The van der Waals surface area contributed by atoms with Crippen molar-refractivity contribution in [1.29, 1.82) is 0 Å². The van der Waals surface area contributed by atoms with Crippen LogP contribution in [0.2, 0.25) is 0 Å². The number of nitrogens with zero attached hydrogens (tertiary/aromatic N) is 1. The zero-order valence-electron chi connectivity index (χ0n) is 26.4. The van der Waals surface area contributed by atoms with Crippen molar-refractivity contribution in [2.24, 2.45) is 10.8 Å². The molecule has 1 N–H and O–H groups in total. The monoisotopic (exact) mass is 769 g/mol. The molecule has 0 unspecified atom stereocenters. The van der Waals surface area contributed by atoms with Gasteiger partial charge in [0.05, 0.1) is 5.56 Å². The fourth-order valence-corrected chi connectivity index (χ4v) is 4.56. The molecule has 7 heteroatoms. The van der Waals surface area contributed by atoms with E-state index in [0.29, 0.717) is 10.9 Å². The van der Waals surface area contributed by atoms with E-state index in [9.17, 15) is 23.1 Å². The van der Waals surface area contributed by atoms with Crippen LogP contribution in [0, 0.1) is 37.7 Å². The molecule has 0 aliphatic heterocycles. The molecule has 1 aromatic heterocycles. The molecule has 0 fully saturated rings. The molecule has 0 amide bonds. The van der Waals surface area contributed by atoms with Gasteiger partial charge in [0.25, 0.3) is 0 Å². The summed E-state index contributed by atoms with van der Waals surface area (Å²) in [6.45, 7) is 17.3. The predicted octanol–water partition coefficient (Wildman–Crippen LogP) is 10.7. The minimum absolute atomic E-state index is 0.